The van der Waals surface area contributed by atoms with Gasteiger partial charge >= 0.3 is 12.1 Å². The maximum absolute atomic E-state index is 14.7. The van der Waals surface area contributed by atoms with E-state index in [1.54, 1.807) is 44.2 Å². The smallest absolute Gasteiger partial charge is 0.336 e. The van der Waals surface area contributed by atoms with Gasteiger partial charge in [-0.2, -0.15) is 27.2 Å². The standard InChI is InChI=1S/C25H26F5N3O/c1-16(2)14-20(22(34)33-23(15-31)12-13-23)32-21(24(26,27)25(28,29)30)19-10-8-18(9-11-19)17-6-4-3-5-7-17/h3-11,16,20-21,32H,12-14H2,1-2H3,(H,33,34)/t20-,21-/m0/s1. The van der Waals surface area contributed by atoms with Crippen LogP contribution >= 0.6 is 0 Å². The summed E-state index contributed by atoms with van der Waals surface area (Å²) in [7, 11) is 0. The van der Waals surface area contributed by atoms with Gasteiger partial charge in [0.15, 0.2) is 0 Å². The van der Waals surface area contributed by atoms with Crippen LogP contribution in [0.4, 0.5) is 22.0 Å². The number of alkyl halides is 5. The molecule has 1 fully saturated rings. The summed E-state index contributed by atoms with van der Waals surface area (Å²) in [4.78, 5) is 12.8. The number of carbonyl (C=O) groups excluding carboxylic acids is 1. The zero-order valence-electron chi connectivity index (χ0n) is 18.8. The molecular formula is C25H26F5N3O. The van der Waals surface area contributed by atoms with Gasteiger partial charge in [0, 0.05) is 0 Å². The summed E-state index contributed by atoms with van der Waals surface area (Å²) in [6.07, 6.45) is -5.01. The van der Waals surface area contributed by atoms with Crippen molar-refractivity contribution in [3.05, 3.63) is 60.2 Å². The van der Waals surface area contributed by atoms with Crippen LogP contribution in [0.3, 0.4) is 0 Å². The maximum atomic E-state index is 14.7. The van der Waals surface area contributed by atoms with Crippen LogP contribution in [-0.2, 0) is 4.79 Å². The summed E-state index contributed by atoms with van der Waals surface area (Å²) >= 11 is 0. The minimum absolute atomic E-state index is 0.0138. The van der Waals surface area contributed by atoms with Crippen LogP contribution in [0, 0.1) is 17.2 Å². The third kappa shape index (κ3) is 5.73. The Kier molecular flexibility index (Phi) is 7.32. The van der Waals surface area contributed by atoms with Gasteiger partial charge in [-0.3, -0.25) is 10.1 Å². The van der Waals surface area contributed by atoms with E-state index in [1.807, 2.05) is 6.07 Å². The molecule has 1 aliphatic rings. The van der Waals surface area contributed by atoms with E-state index in [0.29, 0.717) is 18.4 Å². The Morgan fingerprint density at radius 2 is 1.56 bits per heavy atom. The highest BCUT2D eigenvalue weighted by Gasteiger charge is 2.63. The summed E-state index contributed by atoms with van der Waals surface area (Å²) in [5, 5.41) is 14.0. The van der Waals surface area contributed by atoms with E-state index < -0.39 is 35.6 Å². The van der Waals surface area contributed by atoms with Gasteiger partial charge in [-0.05, 0) is 41.9 Å². The molecule has 0 unspecified atom stereocenters. The van der Waals surface area contributed by atoms with E-state index in [0.717, 1.165) is 5.56 Å². The van der Waals surface area contributed by atoms with Crippen LogP contribution in [0.1, 0.15) is 44.7 Å². The monoisotopic (exact) mass is 479 g/mol. The number of amides is 1. The van der Waals surface area contributed by atoms with Crippen molar-refractivity contribution in [2.75, 3.05) is 0 Å². The quantitative estimate of drug-likeness (QED) is 0.449. The van der Waals surface area contributed by atoms with Gasteiger partial charge in [-0.1, -0.05) is 68.4 Å². The van der Waals surface area contributed by atoms with Crippen molar-refractivity contribution in [2.24, 2.45) is 5.92 Å². The number of nitrogens with one attached hydrogen (secondary N) is 2. The fourth-order valence-electron chi connectivity index (χ4n) is 3.71. The Hall–Kier alpha value is -2.99. The second-order valence-corrected chi connectivity index (χ2v) is 9.07. The first-order valence-corrected chi connectivity index (χ1v) is 11.0. The fraction of sp³-hybridized carbons (Fsp3) is 0.440. The van der Waals surface area contributed by atoms with Crippen molar-refractivity contribution in [1.82, 2.24) is 10.6 Å². The van der Waals surface area contributed by atoms with E-state index >= 15 is 0 Å². The van der Waals surface area contributed by atoms with Gasteiger partial charge in [0.05, 0.1) is 12.1 Å². The number of hydrogen-bond donors (Lipinski definition) is 2. The molecule has 0 aliphatic heterocycles. The first kappa shape index (κ1) is 25.6. The Morgan fingerprint density at radius 3 is 2.03 bits per heavy atom. The minimum Gasteiger partial charge on any atom is -0.336 e. The average molecular weight is 479 g/mol. The molecule has 34 heavy (non-hydrogen) atoms. The molecule has 0 spiro atoms. The fourth-order valence-corrected chi connectivity index (χ4v) is 3.71. The van der Waals surface area contributed by atoms with E-state index in [4.69, 9.17) is 0 Å². The van der Waals surface area contributed by atoms with Crippen molar-refractivity contribution in [1.29, 1.82) is 5.26 Å². The van der Waals surface area contributed by atoms with E-state index in [9.17, 15) is 32.0 Å². The first-order valence-electron chi connectivity index (χ1n) is 11.0. The summed E-state index contributed by atoms with van der Waals surface area (Å²) in [5.41, 5.74) is 0.0573. The normalized spacial score (nSPS) is 17.0. The number of halogens is 5. The van der Waals surface area contributed by atoms with Crippen LogP contribution in [-0.4, -0.2) is 29.6 Å². The van der Waals surface area contributed by atoms with E-state index in [-0.39, 0.29) is 17.9 Å². The van der Waals surface area contributed by atoms with Gasteiger partial charge < -0.3 is 5.32 Å². The number of nitriles is 1. The maximum Gasteiger partial charge on any atom is 0.455 e. The van der Waals surface area contributed by atoms with Crippen LogP contribution in [0.15, 0.2) is 54.6 Å². The average Bonchev–Trinajstić information content (AvgIpc) is 3.56. The number of rotatable bonds is 9. The molecule has 1 amide bonds. The third-order valence-corrected chi connectivity index (χ3v) is 5.81. The van der Waals surface area contributed by atoms with Crippen molar-refractivity contribution in [3.8, 4) is 17.2 Å². The predicted octanol–water partition coefficient (Wildman–Crippen LogP) is 5.77. The van der Waals surface area contributed by atoms with Gasteiger partial charge in [0.25, 0.3) is 0 Å². The molecule has 9 heteroatoms. The van der Waals surface area contributed by atoms with Crippen molar-refractivity contribution in [2.45, 2.75) is 62.8 Å². The molecule has 2 aromatic carbocycles. The molecule has 0 saturated heterocycles. The first-order chi connectivity index (χ1) is 15.9. The molecule has 3 rings (SSSR count). The highest BCUT2D eigenvalue weighted by atomic mass is 19.4. The third-order valence-electron chi connectivity index (χ3n) is 5.81. The van der Waals surface area contributed by atoms with Crippen molar-refractivity contribution >= 4 is 5.91 Å². The molecule has 4 nitrogen and oxygen atoms in total. The summed E-state index contributed by atoms with van der Waals surface area (Å²) < 4.78 is 69.7. The summed E-state index contributed by atoms with van der Waals surface area (Å²) in [6, 6.07) is 12.4. The lowest BCUT2D eigenvalue weighted by molar-refractivity contribution is -0.295. The summed E-state index contributed by atoms with van der Waals surface area (Å²) in [5.74, 6) is -6.10. The van der Waals surface area contributed by atoms with Crippen LogP contribution in [0.5, 0.6) is 0 Å². The largest absolute Gasteiger partial charge is 0.455 e. The topological polar surface area (TPSA) is 64.9 Å². The van der Waals surface area contributed by atoms with Gasteiger partial charge in [0.1, 0.15) is 11.6 Å². The Morgan fingerprint density at radius 1 is 1.00 bits per heavy atom. The zero-order chi connectivity index (χ0) is 25.1. The molecule has 2 N–H and O–H groups in total. The number of benzene rings is 2. The Bertz CT molecular complexity index is 1030. The Labute approximate surface area is 195 Å². The van der Waals surface area contributed by atoms with E-state index in [2.05, 4.69) is 10.6 Å². The second kappa shape index (κ2) is 9.71. The van der Waals surface area contributed by atoms with E-state index in [1.165, 1.54) is 24.3 Å². The predicted molar refractivity (Wildman–Crippen MR) is 118 cm³/mol. The molecule has 0 bridgehead atoms. The van der Waals surface area contributed by atoms with Gasteiger partial charge in [-0.25, -0.2) is 0 Å². The minimum atomic E-state index is -5.84. The van der Waals surface area contributed by atoms with Crippen LogP contribution in [0.2, 0.25) is 0 Å². The Balaban J connectivity index is 1.94. The molecule has 1 aliphatic carbocycles. The lowest BCUT2D eigenvalue weighted by Crippen LogP contribution is -2.55. The zero-order valence-corrected chi connectivity index (χ0v) is 18.8. The molecule has 1 saturated carbocycles. The molecule has 182 valence electrons. The van der Waals surface area contributed by atoms with Crippen molar-refractivity contribution in [3.63, 3.8) is 0 Å². The molecule has 0 heterocycles. The summed E-state index contributed by atoms with van der Waals surface area (Å²) in [6.45, 7) is 3.45. The van der Waals surface area contributed by atoms with Crippen LogP contribution < -0.4 is 10.6 Å². The highest BCUT2D eigenvalue weighted by Crippen LogP contribution is 2.45. The van der Waals surface area contributed by atoms with Crippen molar-refractivity contribution < 1.29 is 26.7 Å². The lowest BCUT2D eigenvalue weighted by atomic mass is 9.94. The SMILES string of the molecule is CC(C)C[C@H](N[C@@H](c1ccc(-c2ccccc2)cc1)C(F)(F)C(F)(F)F)C(=O)NC1(C#N)CC1. The molecule has 2 atom stereocenters. The molecule has 0 radical (unpaired) electrons. The number of carbonyl (C=O) groups is 1. The number of nitrogens with zero attached hydrogens (tertiary/aromatic N) is 1. The number of hydrogen-bond acceptors (Lipinski definition) is 3. The highest BCUT2D eigenvalue weighted by molar-refractivity contribution is 5.83. The van der Waals surface area contributed by atoms with Gasteiger partial charge in [-0.15, -0.1) is 0 Å². The second-order valence-electron chi connectivity index (χ2n) is 9.07. The molecule has 0 aromatic heterocycles. The lowest BCUT2D eigenvalue weighted by Gasteiger charge is -2.33. The molecule has 2 aromatic rings. The van der Waals surface area contributed by atoms with Crippen LogP contribution in [0.25, 0.3) is 11.1 Å². The van der Waals surface area contributed by atoms with Gasteiger partial charge in [0.2, 0.25) is 5.91 Å². The molecular weight excluding hydrogens is 453 g/mol.